The lowest BCUT2D eigenvalue weighted by molar-refractivity contribution is -0.384. The lowest BCUT2D eigenvalue weighted by atomic mass is 10.1. The molecule has 1 heterocycles. The van der Waals surface area contributed by atoms with Crippen molar-refractivity contribution in [3.8, 4) is 5.69 Å². The van der Waals surface area contributed by atoms with E-state index in [0.717, 1.165) is 0 Å². The van der Waals surface area contributed by atoms with E-state index in [9.17, 15) is 14.5 Å². The summed E-state index contributed by atoms with van der Waals surface area (Å²) in [5.74, 6) is -0.585. The first-order valence-electron chi connectivity index (χ1n) is 5.70. The summed E-state index contributed by atoms with van der Waals surface area (Å²) in [4.78, 5) is 10.5. The van der Waals surface area contributed by atoms with Gasteiger partial charge in [-0.2, -0.15) is 5.10 Å². The maximum absolute atomic E-state index is 12.9. The Balaban J connectivity index is 2.62. The van der Waals surface area contributed by atoms with E-state index in [-0.39, 0.29) is 17.4 Å². The van der Waals surface area contributed by atoms with Crippen molar-refractivity contribution in [2.75, 3.05) is 5.73 Å². The van der Waals surface area contributed by atoms with E-state index in [0.29, 0.717) is 11.4 Å². The van der Waals surface area contributed by atoms with Crippen molar-refractivity contribution in [2.24, 2.45) is 0 Å². The minimum atomic E-state index is -0.544. The zero-order valence-corrected chi connectivity index (χ0v) is 10.5. The average Bonchev–Trinajstić information content (AvgIpc) is 2.68. The standard InChI is InChI=1S/C12H13FN4O2/c1-7(2)10-11(17(18)19)12(14)16(15-10)9-5-3-8(13)4-6-9/h3-7H,14H2,1-2H3. The molecule has 6 nitrogen and oxygen atoms in total. The first-order valence-corrected chi connectivity index (χ1v) is 5.70. The third-order valence-electron chi connectivity index (χ3n) is 2.72. The molecule has 7 heteroatoms. The van der Waals surface area contributed by atoms with E-state index in [1.807, 2.05) is 0 Å². The third-order valence-corrected chi connectivity index (χ3v) is 2.72. The predicted molar refractivity (Wildman–Crippen MR) is 68.7 cm³/mol. The van der Waals surface area contributed by atoms with E-state index >= 15 is 0 Å². The molecule has 1 aromatic heterocycles. The van der Waals surface area contributed by atoms with Gasteiger partial charge in [-0.05, 0) is 24.3 Å². The number of halogens is 1. The van der Waals surface area contributed by atoms with Crippen LogP contribution in [0.3, 0.4) is 0 Å². The molecule has 0 unspecified atom stereocenters. The number of nitrogen functional groups attached to an aromatic ring is 1. The lowest BCUT2D eigenvalue weighted by Gasteiger charge is -2.02. The Labute approximate surface area is 108 Å². The van der Waals surface area contributed by atoms with Crippen LogP contribution < -0.4 is 5.73 Å². The summed E-state index contributed by atoms with van der Waals surface area (Å²) in [6.45, 7) is 3.59. The molecule has 0 amide bonds. The van der Waals surface area contributed by atoms with Crippen LogP contribution in [0.2, 0.25) is 0 Å². The van der Waals surface area contributed by atoms with Gasteiger partial charge in [0.25, 0.3) is 0 Å². The average molecular weight is 264 g/mol. The fourth-order valence-electron chi connectivity index (χ4n) is 1.80. The monoisotopic (exact) mass is 264 g/mol. The second-order valence-corrected chi connectivity index (χ2v) is 4.42. The normalized spacial score (nSPS) is 10.9. The molecule has 2 aromatic rings. The highest BCUT2D eigenvalue weighted by atomic mass is 19.1. The first-order chi connectivity index (χ1) is 8.91. The second-order valence-electron chi connectivity index (χ2n) is 4.42. The summed E-state index contributed by atoms with van der Waals surface area (Å²) < 4.78 is 14.1. The highest BCUT2D eigenvalue weighted by molar-refractivity contribution is 5.60. The molecule has 19 heavy (non-hydrogen) atoms. The number of hydrogen-bond donors (Lipinski definition) is 1. The van der Waals surface area contributed by atoms with E-state index in [1.54, 1.807) is 13.8 Å². The maximum atomic E-state index is 12.9. The van der Waals surface area contributed by atoms with Crippen LogP contribution in [0.25, 0.3) is 5.69 Å². The molecular weight excluding hydrogens is 251 g/mol. The molecule has 0 saturated carbocycles. The fraction of sp³-hybridized carbons (Fsp3) is 0.250. The minimum Gasteiger partial charge on any atom is -0.378 e. The van der Waals surface area contributed by atoms with Gasteiger partial charge < -0.3 is 5.73 Å². The molecule has 0 bridgehead atoms. The van der Waals surface area contributed by atoms with E-state index in [2.05, 4.69) is 5.10 Å². The van der Waals surface area contributed by atoms with Crippen LogP contribution >= 0.6 is 0 Å². The molecule has 100 valence electrons. The Morgan fingerprint density at radius 1 is 1.37 bits per heavy atom. The van der Waals surface area contributed by atoms with E-state index < -0.39 is 10.7 Å². The van der Waals surface area contributed by atoms with Gasteiger partial charge in [0.1, 0.15) is 11.5 Å². The molecule has 0 atom stereocenters. The third kappa shape index (κ3) is 2.26. The van der Waals surface area contributed by atoms with Gasteiger partial charge in [0.05, 0.1) is 10.6 Å². The Bertz CT molecular complexity index is 619. The molecule has 0 spiro atoms. The van der Waals surface area contributed by atoms with Crippen LogP contribution in [0.15, 0.2) is 24.3 Å². The van der Waals surface area contributed by atoms with Gasteiger partial charge in [-0.15, -0.1) is 0 Å². The van der Waals surface area contributed by atoms with Crippen molar-refractivity contribution in [2.45, 2.75) is 19.8 Å². The molecule has 0 saturated heterocycles. The molecule has 0 aliphatic heterocycles. The second kappa shape index (κ2) is 4.68. The van der Waals surface area contributed by atoms with Gasteiger partial charge in [0, 0.05) is 5.92 Å². The van der Waals surface area contributed by atoms with Gasteiger partial charge >= 0.3 is 5.69 Å². The molecular formula is C12H13FN4O2. The summed E-state index contributed by atoms with van der Waals surface area (Å²) in [6, 6.07) is 5.42. The predicted octanol–water partition coefficient (Wildman–Crippen LogP) is 2.63. The van der Waals surface area contributed by atoms with E-state index in [4.69, 9.17) is 5.73 Å². The fourth-order valence-corrected chi connectivity index (χ4v) is 1.80. The quantitative estimate of drug-likeness (QED) is 0.681. The highest BCUT2D eigenvalue weighted by Crippen LogP contribution is 2.32. The summed E-state index contributed by atoms with van der Waals surface area (Å²) in [5, 5.41) is 15.2. The Kier molecular flexibility index (Phi) is 3.20. The summed E-state index contributed by atoms with van der Waals surface area (Å²) in [7, 11) is 0. The highest BCUT2D eigenvalue weighted by Gasteiger charge is 2.28. The van der Waals surface area contributed by atoms with Crippen LogP contribution in [0, 0.1) is 15.9 Å². The first kappa shape index (κ1) is 13.0. The van der Waals surface area contributed by atoms with Crippen molar-refractivity contribution >= 4 is 11.5 Å². The van der Waals surface area contributed by atoms with Gasteiger partial charge in [0.2, 0.25) is 5.82 Å². The minimum absolute atomic E-state index is 0.0553. The van der Waals surface area contributed by atoms with Crippen LogP contribution in [0.1, 0.15) is 25.5 Å². The smallest absolute Gasteiger partial charge is 0.334 e. The van der Waals surface area contributed by atoms with Crippen LogP contribution in [-0.2, 0) is 0 Å². The van der Waals surface area contributed by atoms with Crippen molar-refractivity contribution < 1.29 is 9.31 Å². The zero-order chi connectivity index (χ0) is 14.2. The molecule has 0 aliphatic carbocycles. The SMILES string of the molecule is CC(C)c1nn(-c2ccc(F)cc2)c(N)c1[N+](=O)[O-]. The number of hydrogen-bond acceptors (Lipinski definition) is 4. The van der Waals surface area contributed by atoms with Crippen LogP contribution in [-0.4, -0.2) is 14.7 Å². The number of benzene rings is 1. The number of nitro groups is 1. The molecule has 0 radical (unpaired) electrons. The topological polar surface area (TPSA) is 87.0 Å². The van der Waals surface area contributed by atoms with Crippen molar-refractivity contribution in [3.05, 3.63) is 45.9 Å². The van der Waals surface area contributed by atoms with Gasteiger partial charge in [-0.25, -0.2) is 9.07 Å². The molecule has 2 rings (SSSR count). The number of anilines is 1. The zero-order valence-electron chi connectivity index (χ0n) is 10.5. The number of nitrogens with zero attached hydrogens (tertiary/aromatic N) is 3. The Hall–Kier alpha value is -2.44. The summed E-state index contributed by atoms with van der Waals surface area (Å²) >= 11 is 0. The maximum Gasteiger partial charge on any atom is 0.334 e. The van der Waals surface area contributed by atoms with Crippen molar-refractivity contribution in [3.63, 3.8) is 0 Å². The number of rotatable bonds is 3. The van der Waals surface area contributed by atoms with Gasteiger partial charge in [0.15, 0.2) is 0 Å². The lowest BCUT2D eigenvalue weighted by Crippen LogP contribution is -2.03. The van der Waals surface area contributed by atoms with Gasteiger partial charge in [-0.3, -0.25) is 10.1 Å². The Morgan fingerprint density at radius 2 is 1.95 bits per heavy atom. The van der Waals surface area contributed by atoms with Crippen molar-refractivity contribution in [1.29, 1.82) is 0 Å². The number of aromatic nitrogens is 2. The Morgan fingerprint density at radius 3 is 2.37 bits per heavy atom. The molecule has 1 aromatic carbocycles. The van der Waals surface area contributed by atoms with Crippen molar-refractivity contribution in [1.82, 2.24) is 9.78 Å². The molecule has 2 N–H and O–H groups in total. The molecule has 0 aliphatic rings. The molecule has 0 fully saturated rings. The number of nitrogens with two attached hydrogens (primary N) is 1. The van der Waals surface area contributed by atoms with E-state index in [1.165, 1.54) is 28.9 Å². The van der Waals surface area contributed by atoms with Crippen LogP contribution in [0.5, 0.6) is 0 Å². The largest absolute Gasteiger partial charge is 0.378 e. The summed E-state index contributed by atoms with van der Waals surface area (Å²) in [5.41, 5.74) is 6.38. The van der Waals surface area contributed by atoms with Crippen LogP contribution in [0.4, 0.5) is 15.9 Å². The summed E-state index contributed by atoms with van der Waals surface area (Å²) in [6.07, 6.45) is 0. The van der Waals surface area contributed by atoms with Gasteiger partial charge in [-0.1, -0.05) is 13.8 Å².